The van der Waals surface area contributed by atoms with Crippen LogP contribution in [0.2, 0.25) is 0 Å². The van der Waals surface area contributed by atoms with E-state index >= 15 is 0 Å². The van der Waals surface area contributed by atoms with Crippen LogP contribution in [0.15, 0.2) is 72.8 Å². The molecule has 0 radical (unpaired) electrons. The lowest BCUT2D eigenvalue weighted by Crippen LogP contribution is -2.06. The number of carbonyl (C=O) groups excluding carboxylic acids is 4. The summed E-state index contributed by atoms with van der Waals surface area (Å²) in [5.74, 6) is -0.770. The number of ether oxygens (including phenoxy) is 4. The molecule has 0 amide bonds. The molecule has 0 aliphatic carbocycles. The molecule has 7 aromatic rings. The first-order chi connectivity index (χ1) is 39.2. The maximum Gasteiger partial charge on any atom is 0.338 e. The highest BCUT2D eigenvalue weighted by Gasteiger charge is 2.26. The van der Waals surface area contributed by atoms with Gasteiger partial charge in [0.25, 0.3) is 0 Å². The second-order valence-corrected chi connectivity index (χ2v) is 20.9. The maximum absolute atomic E-state index is 13.7. The number of unbranched alkanes of at least 4 members (excludes halogenated alkanes) is 16. The van der Waals surface area contributed by atoms with Crippen LogP contribution in [0.3, 0.4) is 0 Å². The first-order valence-corrected chi connectivity index (χ1v) is 29.3. The fourth-order valence-electron chi connectivity index (χ4n) is 10.1. The van der Waals surface area contributed by atoms with Crippen molar-refractivity contribution in [2.45, 2.75) is 156 Å². The number of fused-ring (bicyclic) bond motifs is 20. The Balaban J connectivity index is 1.21. The number of aromatic nitrogens is 8. The fourth-order valence-corrected chi connectivity index (χ4v) is 10.1. The van der Waals surface area contributed by atoms with Crippen molar-refractivity contribution in [3.8, 4) is 45.6 Å². The van der Waals surface area contributed by atoms with Crippen LogP contribution in [0.1, 0.15) is 198 Å². The van der Waals surface area contributed by atoms with E-state index in [4.69, 9.17) is 48.9 Å². The number of aromatic amines is 2. The average molecular weight is 1080 g/mol. The molecule has 80 heavy (non-hydrogen) atoms. The van der Waals surface area contributed by atoms with Crippen molar-refractivity contribution in [2.24, 2.45) is 0 Å². The van der Waals surface area contributed by atoms with Gasteiger partial charge in [-0.3, -0.25) is 0 Å². The van der Waals surface area contributed by atoms with Crippen molar-refractivity contribution < 1.29 is 38.1 Å². The highest BCUT2D eigenvalue weighted by molar-refractivity contribution is 6.10. The van der Waals surface area contributed by atoms with Crippen LogP contribution in [-0.2, 0) is 18.9 Å². The predicted octanol–water partition coefficient (Wildman–Crippen LogP) is 15.4. The van der Waals surface area contributed by atoms with Gasteiger partial charge in [-0.1, -0.05) is 130 Å². The second-order valence-electron chi connectivity index (χ2n) is 20.9. The molecule has 2 aliphatic heterocycles. The lowest BCUT2D eigenvalue weighted by atomic mass is 10.0. The molecule has 418 valence electrons. The zero-order valence-corrected chi connectivity index (χ0v) is 46.8. The summed E-state index contributed by atoms with van der Waals surface area (Å²) >= 11 is 0. The predicted molar refractivity (Wildman–Crippen MR) is 312 cm³/mol. The molecule has 8 bridgehead atoms. The number of rotatable bonds is 28. The molecule has 0 saturated carbocycles. The normalized spacial score (nSPS) is 11.7. The third-order valence-corrected chi connectivity index (χ3v) is 14.7. The Hall–Kier alpha value is -7.88. The van der Waals surface area contributed by atoms with Gasteiger partial charge in [-0.25, -0.2) is 49.1 Å². The van der Waals surface area contributed by atoms with Gasteiger partial charge >= 0.3 is 23.9 Å². The van der Waals surface area contributed by atoms with Crippen molar-refractivity contribution in [3.63, 3.8) is 0 Å². The van der Waals surface area contributed by atoms with Gasteiger partial charge in [-0.2, -0.15) is 0 Å². The number of esters is 4. The van der Waals surface area contributed by atoms with E-state index in [1.807, 2.05) is 0 Å². The Bertz CT molecular complexity index is 3300. The molecule has 0 fully saturated rings. The number of benzene rings is 4. The van der Waals surface area contributed by atoms with Crippen molar-refractivity contribution >= 4 is 68.0 Å². The number of nitrogens with one attached hydrogen (secondary N) is 2. The third-order valence-electron chi connectivity index (χ3n) is 14.7. The van der Waals surface area contributed by atoms with Gasteiger partial charge in [0.2, 0.25) is 0 Å². The monoisotopic (exact) mass is 1080 g/mol. The molecule has 0 spiro atoms. The third kappa shape index (κ3) is 13.7. The van der Waals surface area contributed by atoms with E-state index in [1.165, 1.54) is 0 Å². The summed E-state index contributed by atoms with van der Waals surface area (Å²) < 4.78 is 23.1. The van der Waals surface area contributed by atoms with E-state index in [9.17, 15) is 19.2 Å². The van der Waals surface area contributed by atoms with Crippen molar-refractivity contribution in [3.05, 3.63) is 95.1 Å². The molecule has 5 heterocycles. The highest BCUT2D eigenvalue weighted by atomic mass is 16.5. The van der Waals surface area contributed by atoms with E-state index < -0.39 is 23.9 Å². The van der Waals surface area contributed by atoms with Gasteiger partial charge in [0, 0.05) is 43.8 Å². The van der Waals surface area contributed by atoms with Gasteiger partial charge in [0.1, 0.15) is 22.6 Å². The summed E-state index contributed by atoms with van der Waals surface area (Å²) in [6.07, 6.45) is 20.3. The molecule has 4 aromatic carbocycles. The fraction of sp³-hybridized carbons (Fsp3) is 0.438. The lowest BCUT2D eigenvalue weighted by molar-refractivity contribution is 0.0488. The van der Waals surface area contributed by atoms with Crippen LogP contribution >= 0.6 is 0 Å². The molecular weight excluding hydrogens is 1010 g/mol. The van der Waals surface area contributed by atoms with Crippen molar-refractivity contribution in [1.29, 1.82) is 0 Å². The van der Waals surface area contributed by atoms with Crippen LogP contribution in [-0.4, -0.2) is 90.2 Å². The topological polar surface area (TPSA) is 214 Å². The summed E-state index contributed by atoms with van der Waals surface area (Å²) in [5, 5.41) is 2.37. The Labute approximate surface area is 467 Å². The minimum absolute atomic E-state index is 0.254. The summed E-state index contributed by atoms with van der Waals surface area (Å²) in [6, 6.07) is 20.9. The SMILES string of the molecule is CCCCCCCOC(=O)c1ccc2c(c1)-c1nc-2nc2[nH]c(nc3nc(nc4[nH]c(n1)c1ccc(C(=O)OCCCCCCC)cc41)-c1ccc(C(=O)OCCCCCCC)cc1-3)c1ccc(C(=O)OCCCCCCC)cc21. The highest BCUT2D eigenvalue weighted by Crippen LogP contribution is 2.38. The summed E-state index contributed by atoms with van der Waals surface area (Å²) in [6.45, 7) is 9.86. The Kier molecular flexibility index (Phi) is 19.8. The van der Waals surface area contributed by atoms with Crippen molar-refractivity contribution in [1.82, 2.24) is 39.9 Å². The molecule has 3 aromatic heterocycles. The zero-order chi connectivity index (χ0) is 55.8. The Morgan fingerprint density at radius 1 is 0.312 bits per heavy atom. The molecule has 0 unspecified atom stereocenters. The number of hydrogen-bond acceptors (Lipinski definition) is 14. The van der Waals surface area contributed by atoms with Crippen LogP contribution in [0.4, 0.5) is 0 Å². The number of hydrogen-bond donors (Lipinski definition) is 2. The molecule has 16 heteroatoms. The van der Waals surface area contributed by atoms with E-state index in [0.29, 0.717) is 115 Å². The first kappa shape index (κ1) is 56.8. The van der Waals surface area contributed by atoms with Gasteiger partial charge in [-0.05, 0) is 98.5 Å². The van der Waals surface area contributed by atoms with Gasteiger partial charge < -0.3 is 28.9 Å². The largest absolute Gasteiger partial charge is 0.462 e. The molecule has 2 aliphatic rings. The van der Waals surface area contributed by atoms with Crippen molar-refractivity contribution in [2.75, 3.05) is 26.4 Å². The Morgan fingerprint density at radius 3 is 0.912 bits per heavy atom. The van der Waals surface area contributed by atoms with E-state index in [2.05, 4.69) is 37.7 Å². The number of nitrogens with zero attached hydrogens (tertiary/aromatic N) is 6. The Morgan fingerprint density at radius 2 is 0.588 bits per heavy atom. The summed E-state index contributed by atoms with van der Waals surface area (Å²) in [4.78, 5) is 92.2. The standard InChI is InChI=1S/C64H74N8O8/c1-5-9-13-17-21-33-77-61(73)41-25-29-45-49(37-41)57-65-53(45)70-58-51-39-43(63(75)79-35-23-19-15-11-7-3)27-31-47(51)55(67-58)72-60-52-40-44(64(76)80-36-24-20-16-12-8-4)28-32-48(52)56(68-60)71-59-50-38-42(26-30-46(50)54(66-59)69-57)62(74)78-34-22-18-14-10-6-2/h25-32,37-40H,5-24,33-36H2,1-4H3,(H2,65,66,67,68,69,70,71,72). The lowest BCUT2D eigenvalue weighted by Gasteiger charge is -2.06. The molecule has 0 saturated heterocycles. The number of carbonyl (C=O) groups is 4. The molecular formula is C64H74N8O8. The second kappa shape index (κ2) is 27.8. The molecule has 16 nitrogen and oxygen atoms in total. The first-order valence-electron chi connectivity index (χ1n) is 29.3. The molecule has 0 atom stereocenters. The van der Waals surface area contributed by atoms with Gasteiger partial charge in [0.05, 0.1) is 48.7 Å². The molecule has 2 N–H and O–H groups in total. The number of H-pyrrole nitrogens is 2. The van der Waals surface area contributed by atoms with E-state index in [1.54, 1.807) is 72.8 Å². The van der Waals surface area contributed by atoms with E-state index in [0.717, 1.165) is 128 Å². The van der Waals surface area contributed by atoms with E-state index in [-0.39, 0.29) is 23.3 Å². The van der Waals surface area contributed by atoms with Crippen LogP contribution < -0.4 is 0 Å². The quantitative estimate of drug-likeness (QED) is 0.0265. The maximum atomic E-state index is 13.7. The smallest absolute Gasteiger partial charge is 0.338 e. The average Bonchev–Trinajstić information content (AvgIpc) is 4.24. The zero-order valence-electron chi connectivity index (χ0n) is 46.8. The van der Waals surface area contributed by atoms with Gasteiger partial charge in [0.15, 0.2) is 23.3 Å². The van der Waals surface area contributed by atoms with Crippen LogP contribution in [0.25, 0.3) is 89.7 Å². The summed E-state index contributed by atoms with van der Waals surface area (Å²) in [7, 11) is 0. The molecule has 9 rings (SSSR count). The minimum Gasteiger partial charge on any atom is -0.462 e. The van der Waals surface area contributed by atoms with Crippen LogP contribution in [0, 0.1) is 0 Å². The summed E-state index contributed by atoms with van der Waals surface area (Å²) in [5.41, 5.74) is 5.02. The minimum atomic E-state index is -0.462. The van der Waals surface area contributed by atoms with Crippen LogP contribution in [0.5, 0.6) is 0 Å². The van der Waals surface area contributed by atoms with Gasteiger partial charge in [-0.15, -0.1) is 0 Å².